The van der Waals surface area contributed by atoms with E-state index in [1.165, 1.54) is 14.0 Å². The van der Waals surface area contributed by atoms with E-state index in [2.05, 4.69) is 4.74 Å². The van der Waals surface area contributed by atoms with Gasteiger partial charge in [0.05, 0.1) is 7.11 Å². The Morgan fingerprint density at radius 3 is 2.23 bits per heavy atom. The molecule has 0 aliphatic heterocycles. The highest BCUT2D eigenvalue weighted by molar-refractivity contribution is 6.07. The lowest BCUT2D eigenvalue weighted by molar-refractivity contribution is -0.151. The van der Waals surface area contributed by atoms with E-state index in [1.54, 1.807) is 24.3 Å². The van der Waals surface area contributed by atoms with Crippen molar-refractivity contribution in [3.8, 4) is 0 Å². The number of ether oxygens (including phenoxy) is 1. The molecule has 0 fully saturated rings. The maximum atomic E-state index is 11.4. The van der Waals surface area contributed by atoms with Crippen molar-refractivity contribution in [3.63, 3.8) is 0 Å². The Morgan fingerprint density at radius 1 is 1.31 bits per heavy atom. The predicted molar refractivity (Wildman–Crippen MR) is 48.0 cm³/mol. The van der Waals surface area contributed by atoms with Crippen LogP contribution >= 0.6 is 0 Å². The molecule has 0 heterocycles. The number of carbonyl (C=O) groups is 2. The molecule has 0 saturated heterocycles. The summed E-state index contributed by atoms with van der Waals surface area (Å²) in [5, 5.41) is 0. The zero-order valence-corrected chi connectivity index (χ0v) is 7.74. The Labute approximate surface area is 77.1 Å². The van der Waals surface area contributed by atoms with E-state index in [0.29, 0.717) is 0 Å². The van der Waals surface area contributed by atoms with Crippen molar-refractivity contribution < 1.29 is 14.3 Å². The Morgan fingerprint density at radius 2 is 1.85 bits per heavy atom. The van der Waals surface area contributed by atoms with E-state index in [1.807, 2.05) is 0 Å². The monoisotopic (exact) mass is 180 g/mol. The van der Waals surface area contributed by atoms with E-state index in [0.717, 1.165) is 6.42 Å². The van der Waals surface area contributed by atoms with E-state index in [4.69, 9.17) is 0 Å². The number of esters is 1. The molecule has 3 nitrogen and oxygen atoms in total. The highest BCUT2D eigenvalue weighted by Gasteiger charge is 2.40. The molecule has 3 heteroatoms. The molecule has 1 aliphatic rings. The van der Waals surface area contributed by atoms with E-state index in [-0.39, 0.29) is 5.78 Å². The van der Waals surface area contributed by atoms with Crippen molar-refractivity contribution in [1.29, 1.82) is 0 Å². The highest BCUT2D eigenvalue weighted by atomic mass is 16.5. The fourth-order valence-corrected chi connectivity index (χ4v) is 1.33. The third-order valence-corrected chi connectivity index (χ3v) is 2.14. The van der Waals surface area contributed by atoms with Gasteiger partial charge in [0, 0.05) is 0 Å². The van der Waals surface area contributed by atoms with Crippen LogP contribution in [0, 0.1) is 5.41 Å². The summed E-state index contributed by atoms with van der Waals surface area (Å²) in [5.41, 5.74) is -1.17. The molecular formula is C10H12O3. The molecule has 0 aromatic rings. The normalized spacial score (nSPS) is 18.3. The van der Waals surface area contributed by atoms with Crippen LogP contribution < -0.4 is 0 Å². The van der Waals surface area contributed by atoms with Gasteiger partial charge in [0.15, 0.2) is 11.2 Å². The largest absolute Gasteiger partial charge is 0.468 e. The zero-order chi connectivity index (χ0) is 9.90. The van der Waals surface area contributed by atoms with Crippen molar-refractivity contribution in [2.24, 2.45) is 5.41 Å². The lowest BCUT2D eigenvalue weighted by Crippen LogP contribution is -2.36. The summed E-state index contributed by atoms with van der Waals surface area (Å²) in [6, 6.07) is 0. The van der Waals surface area contributed by atoms with Crippen LogP contribution in [0.3, 0.4) is 0 Å². The second kappa shape index (κ2) is 3.56. The van der Waals surface area contributed by atoms with Gasteiger partial charge in [-0.1, -0.05) is 24.3 Å². The molecular weight excluding hydrogens is 168 g/mol. The first kappa shape index (κ1) is 9.71. The molecule has 0 N–H and O–H groups in total. The Balaban J connectivity index is 3.07. The molecule has 1 aliphatic carbocycles. The van der Waals surface area contributed by atoms with Crippen LogP contribution in [0.1, 0.15) is 13.3 Å². The van der Waals surface area contributed by atoms with Crippen LogP contribution in [0.2, 0.25) is 0 Å². The van der Waals surface area contributed by atoms with Gasteiger partial charge in [-0.3, -0.25) is 9.59 Å². The Hall–Kier alpha value is -1.38. The molecule has 0 unspecified atom stereocenters. The quantitative estimate of drug-likeness (QED) is 0.365. The maximum absolute atomic E-state index is 11.4. The van der Waals surface area contributed by atoms with Crippen LogP contribution in [0.25, 0.3) is 0 Å². The van der Waals surface area contributed by atoms with Gasteiger partial charge in [-0.15, -0.1) is 0 Å². The molecule has 0 bridgehead atoms. The first-order chi connectivity index (χ1) is 6.13. The minimum Gasteiger partial charge on any atom is -0.468 e. The van der Waals surface area contributed by atoms with Crippen LogP contribution in [0.4, 0.5) is 0 Å². The maximum Gasteiger partial charge on any atom is 0.327 e. The van der Waals surface area contributed by atoms with Crippen molar-refractivity contribution in [3.05, 3.63) is 24.3 Å². The molecule has 70 valence electrons. The molecule has 0 aromatic heterocycles. The molecule has 0 spiro atoms. The number of methoxy groups -OCH3 is 1. The smallest absolute Gasteiger partial charge is 0.327 e. The van der Waals surface area contributed by atoms with Crippen LogP contribution in [-0.4, -0.2) is 18.9 Å². The molecule has 0 aromatic carbocycles. The molecule has 0 atom stereocenters. The number of Topliss-reactive ketones (excluding diaryl/α,β-unsaturated/α-hetero) is 1. The summed E-state index contributed by atoms with van der Waals surface area (Å²) < 4.78 is 4.59. The second-order valence-corrected chi connectivity index (χ2v) is 2.96. The standard InChI is InChI=1S/C10H12O3/c1-8(11)10(9(12)13-2)6-4-3-5-7-10/h4-7H,3H2,1-2H3. The number of ketones is 1. The Bertz CT molecular complexity index is 275. The van der Waals surface area contributed by atoms with Crippen LogP contribution in [0.15, 0.2) is 24.3 Å². The minimum absolute atomic E-state index is 0.216. The number of carbonyl (C=O) groups excluding carboxylic acids is 2. The molecule has 0 radical (unpaired) electrons. The van der Waals surface area contributed by atoms with E-state index >= 15 is 0 Å². The summed E-state index contributed by atoms with van der Waals surface area (Å²) in [7, 11) is 1.28. The van der Waals surface area contributed by atoms with Crippen LogP contribution in [0.5, 0.6) is 0 Å². The number of hydrogen-bond acceptors (Lipinski definition) is 3. The third-order valence-electron chi connectivity index (χ3n) is 2.14. The molecule has 0 amide bonds. The van der Waals surface area contributed by atoms with Crippen molar-refractivity contribution in [2.75, 3.05) is 7.11 Å². The highest BCUT2D eigenvalue weighted by Crippen LogP contribution is 2.28. The lowest BCUT2D eigenvalue weighted by Gasteiger charge is -2.22. The van der Waals surface area contributed by atoms with Gasteiger partial charge in [0.2, 0.25) is 0 Å². The molecule has 0 saturated carbocycles. The summed E-state index contributed by atoms with van der Waals surface area (Å²) in [6.07, 6.45) is 7.53. The van der Waals surface area contributed by atoms with Gasteiger partial charge in [-0.25, -0.2) is 0 Å². The van der Waals surface area contributed by atoms with Gasteiger partial charge in [0.1, 0.15) is 0 Å². The van der Waals surface area contributed by atoms with Gasteiger partial charge < -0.3 is 4.74 Å². The fraction of sp³-hybridized carbons (Fsp3) is 0.400. The first-order valence-electron chi connectivity index (χ1n) is 4.08. The fourth-order valence-electron chi connectivity index (χ4n) is 1.33. The first-order valence-corrected chi connectivity index (χ1v) is 4.08. The SMILES string of the molecule is COC(=O)C1(C(C)=O)C=CCC=C1. The van der Waals surface area contributed by atoms with Gasteiger partial charge >= 0.3 is 5.97 Å². The van der Waals surface area contributed by atoms with Crippen molar-refractivity contribution >= 4 is 11.8 Å². The predicted octanol–water partition coefficient (Wildman–Crippen LogP) is 1.25. The van der Waals surface area contributed by atoms with E-state index in [9.17, 15) is 9.59 Å². The van der Waals surface area contributed by atoms with Gasteiger partial charge in [0.25, 0.3) is 0 Å². The van der Waals surface area contributed by atoms with Gasteiger partial charge in [-0.2, -0.15) is 0 Å². The van der Waals surface area contributed by atoms with Gasteiger partial charge in [-0.05, 0) is 13.3 Å². The average Bonchev–Trinajstić information content (AvgIpc) is 2.17. The topological polar surface area (TPSA) is 43.4 Å². The summed E-state index contributed by atoms with van der Waals surface area (Å²) in [5.74, 6) is -0.737. The van der Waals surface area contributed by atoms with Crippen molar-refractivity contribution in [1.82, 2.24) is 0 Å². The van der Waals surface area contributed by atoms with Crippen LogP contribution in [-0.2, 0) is 14.3 Å². The molecule has 1 rings (SSSR count). The molecule has 13 heavy (non-hydrogen) atoms. The summed E-state index contributed by atoms with van der Waals surface area (Å²) >= 11 is 0. The summed E-state index contributed by atoms with van der Waals surface area (Å²) in [4.78, 5) is 22.7. The summed E-state index contributed by atoms with van der Waals surface area (Å²) in [6.45, 7) is 1.39. The van der Waals surface area contributed by atoms with Crippen molar-refractivity contribution in [2.45, 2.75) is 13.3 Å². The number of rotatable bonds is 2. The van der Waals surface area contributed by atoms with E-state index < -0.39 is 11.4 Å². The zero-order valence-electron chi connectivity index (χ0n) is 7.74. The second-order valence-electron chi connectivity index (χ2n) is 2.96. The Kier molecular flexibility index (Phi) is 2.66. The number of allylic oxidation sites excluding steroid dienone is 2. The lowest BCUT2D eigenvalue weighted by atomic mass is 9.81. The number of hydrogen-bond donors (Lipinski definition) is 0. The minimum atomic E-state index is -1.17. The third kappa shape index (κ3) is 1.54. The average molecular weight is 180 g/mol.